The summed E-state index contributed by atoms with van der Waals surface area (Å²) in [6, 6.07) is 4.27. The first-order valence-electron chi connectivity index (χ1n) is 5.54. The highest BCUT2D eigenvalue weighted by atomic mass is 127. The van der Waals surface area contributed by atoms with Gasteiger partial charge in [-0.3, -0.25) is 19.5 Å². The Morgan fingerprint density at radius 3 is 2.90 bits per heavy atom. The Hall–Kier alpha value is -1.97. The van der Waals surface area contributed by atoms with Crippen molar-refractivity contribution in [1.82, 2.24) is 9.55 Å². The van der Waals surface area contributed by atoms with Crippen LogP contribution in [0, 0.1) is 13.7 Å². The van der Waals surface area contributed by atoms with Gasteiger partial charge in [0, 0.05) is 23.9 Å². The van der Waals surface area contributed by atoms with Crippen molar-refractivity contribution in [2.24, 2.45) is 0 Å². The van der Waals surface area contributed by atoms with Gasteiger partial charge in [-0.05, 0) is 28.7 Å². The number of hydrogen-bond acceptors (Lipinski definition) is 5. The van der Waals surface area contributed by atoms with Gasteiger partial charge in [-0.1, -0.05) is 0 Å². The minimum Gasteiger partial charge on any atom is -0.496 e. The van der Waals surface area contributed by atoms with Crippen LogP contribution in [0.15, 0.2) is 35.5 Å². The van der Waals surface area contributed by atoms with Gasteiger partial charge < -0.3 is 4.74 Å². The Morgan fingerprint density at radius 1 is 1.50 bits per heavy atom. The minimum atomic E-state index is -0.487. The van der Waals surface area contributed by atoms with Crippen LogP contribution in [-0.2, 0) is 6.54 Å². The van der Waals surface area contributed by atoms with E-state index in [2.05, 4.69) is 4.98 Å². The van der Waals surface area contributed by atoms with E-state index in [4.69, 9.17) is 4.74 Å². The minimum absolute atomic E-state index is 0.0487. The topological polar surface area (TPSA) is 87.3 Å². The molecule has 2 rings (SSSR count). The predicted molar refractivity (Wildman–Crippen MR) is 80.0 cm³/mol. The first-order valence-corrected chi connectivity index (χ1v) is 6.62. The van der Waals surface area contributed by atoms with Crippen LogP contribution in [-0.4, -0.2) is 21.6 Å². The lowest BCUT2D eigenvalue weighted by Gasteiger charge is -2.10. The average molecular weight is 387 g/mol. The van der Waals surface area contributed by atoms with E-state index >= 15 is 0 Å². The van der Waals surface area contributed by atoms with Crippen molar-refractivity contribution in [2.45, 2.75) is 6.54 Å². The standard InChI is InChI=1S/C12H10IN3O4/c1-20-11-3-2-9(16(18)19)4-8(11)6-15-7-14-5-10(13)12(15)17/h2-5,7H,6H2,1H3. The molecular formula is C12H10IN3O4. The quantitative estimate of drug-likeness (QED) is 0.454. The lowest BCUT2D eigenvalue weighted by molar-refractivity contribution is -0.384. The van der Waals surface area contributed by atoms with Crippen molar-refractivity contribution in [3.8, 4) is 5.75 Å². The maximum atomic E-state index is 11.9. The van der Waals surface area contributed by atoms with Crippen molar-refractivity contribution in [1.29, 1.82) is 0 Å². The maximum Gasteiger partial charge on any atom is 0.270 e. The molecule has 0 saturated carbocycles. The van der Waals surface area contributed by atoms with E-state index in [9.17, 15) is 14.9 Å². The monoisotopic (exact) mass is 387 g/mol. The van der Waals surface area contributed by atoms with Crippen molar-refractivity contribution >= 4 is 28.3 Å². The molecule has 1 aromatic heterocycles. The number of rotatable bonds is 4. The predicted octanol–water partition coefficient (Wildman–Crippen LogP) is 1.81. The van der Waals surface area contributed by atoms with Crippen LogP contribution >= 0.6 is 22.6 Å². The fraction of sp³-hybridized carbons (Fsp3) is 0.167. The van der Waals surface area contributed by atoms with Gasteiger partial charge in [-0.15, -0.1) is 0 Å². The molecule has 104 valence electrons. The highest BCUT2D eigenvalue weighted by Crippen LogP contribution is 2.24. The first kappa shape index (κ1) is 14.4. The summed E-state index contributed by atoms with van der Waals surface area (Å²) in [6.45, 7) is 0.160. The van der Waals surface area contributed by atoms with E-state index in [-0.39, 0.29) is 17.8 Å². The number of hydrogen-bond donors (Lipinski definition) is 0. The second-order valence-corrected chi connectivity index (χ2v) is 5.09. The third-order valence-electron chi connectivity index (χ3n) is 2.67. The number of aromatic nitrogens is 2. The Morgan fingerprint density at radius 2 is 2.25 bits per heavy atom. The Kier molecular flexibility index (Phi) is 4.32. The SMILES string of the molecule is COc1ccc([N+](=O)[O-])cc1Cn1cncc(I)c1=O. The van der Waals surface area contributed by atoms with Crippen molar-refractivity contribution < 1.29 is 9.66 Å². The summed E-state index contributed by atoms with van der Waals surface area (Å²) in [6.07, 6.45) is 2.85. The second-order valence-electron chi connectivity index (χ2n) is 3.93. The Bertz CT molecular complexity index is 714. The van der Waals surface area contributed by atoms with Crippen LogP contribution in [0.5, 0.6) is 5.75 Å². The zero-order chi connectivity index (χ0) is 14.7. The van der Waals surface area contributed by atoms with Crippen LogP contribution in [0.1, 0.15) is 5.56 Å². The van der Waals surface area contributed by atoms with Gasteiger partial charge in [0.25, 0.3) is 11.2 Å². The van der Waals surface area contributed by atoms with Gasteiger partial charge in [-0.25, -0.2) is 4.98 Å². The van der Waals surface area contributed by atoms with E-state index in [0.29, 0.717) is 14.9 Å². The van der Waals surface area contributed by atoms with Gasteiger partial charge >= 0.3 is 0 Å². The molecule has 0 aliphatic heterocycles. The summed E-state index contributed by atoms with van der Waals surface area (Å²) in [5.41, 5.74) is 0.300. The summed E-state index contributed by atoms with van der Waals surface area (Å²) in [5.74, 6) is 0.487. The highest BCUT2D eigenvalue weighted by Gasteiger charge is 2.12. The van der Waals surface area contributed by atoms with Crippen molar-refractivity contribution in [2.75, 3.05) is 7.11 Å². The number of non-ortho nitro benzene ring substituents is 1. The molecule has 0 atom stereocenters. The summed E-state index contributed by atoms with van der Waals surface area (Å²) < 4.78 is 7.02. The number of nitro groups is 1. The molecule has 0 unspecified atom stereocenters. The zero-order valence-electron chi connectivity index (χ0n) is 10.4. The normalized spacial score (nSPS) is 10.3. The molecule has 1 heterocycles. The molecule has 8 heteroatoms. The number of methoxy groups -OCH3 is 1. The number of nitro benzene ring substituents is 1. The van der Waals surface area contributed by atoms with E-state index in [1.54, 1.807) is 0 Å². The molecule has 1 aromatic carbocycles. The van der Waals surface area contributed by atoms with E-state index in [0.717, 1.165) is 0 Å². The molecule has 2 aromatic rings. The molecule has 7 nitrogen and oxygen atoms in total. The van der Waals surface area contributed by atoms with Crippen LogP contribution in [0.2, 0.25) is 0 Å². The van der Waals surface area contributed by atoms with Gasteiger partial charge in [0.05, 0.1) is 28.5 Å². The molecule has 0 amide bonds. The van der Waals surface area contributed by atoms with E-state index in [1.807, 2.05) is 22.6 Å². The molecule has 20 heavy (non-hydrogen) atoms. The van der Waals surface area contributed by atoms with Gasteiger partial charge in [0.2, 0.25) is 0 Å². The fourth-order valence-electron chi connectivity index (χ4n) is 1.72. The molecule has 0 saturated heterocycles. The molecule has 0 aliphatic rings. The molecule has 0 spiro atoms. The van der Waals surface area contributed by atoms with Crippen LogP contribution in [0.3, 0.4) is 0 Å². The summed E-state index contributed by atoms with van der Waals surface area (Å²) >= 11 is 1.89. The number of ether oxygens (including phenoxy) is 1. The van der Waals surface area contributed by atoms with E-state index in [1.165, 1.54) is 42.4 Å². The van der Waals surface area contributed by atoms with Crippen molar-refractivity contribution in [3.63, 3.8) is 0 Å². The Labute approximate surface area is 127 Å². The summed E-state index contributed by atoms with van der Waals surface area (Å²) in [5, 5.41) is 10.8. The molecule has 0 radical (unpaired) electrons. The first-order chi connectivity index (χ1) is 9.52. The summed E-state index contributed by atoms with van der Waals surface area (Å²) in [4.78, 5) is 26.2. The molecule has 0 N–H and O–H groups in total. The van der Waals surface area contributed by atoms with E-state index < -0.39 is 4.92 Å². The highest BCUT2D eigenvalue weighted by molar-refractivity contribution is 14.1. The van der Waals surface area contributed by atoms with Gasteiger partial charge in [-0.2, -0.15) is 0 Å². The number of halogens is 1. The van der Waals surface area contributed by atoms with Gasteiger partial charge in [0.1, 0.15) is 5.75 Å². The lowest BCUT2D eigenvalue weighted by atomic mass is 10.1. The van der Waals surface area contributed by atoms with Crippen LogP contribution in [0.4, 0.5) is 5.69 Å². The molecule has 0 aliphatic carbocycles. The molecule has 0 bridgehead atoms. The van der Waals surface area contributed by atoms with Gasteiger partial charge in [0.15, 0.2) is 0 Å². The largest absolute Gasteiger partial charge is 0.496 e. The average Bonchev–Trinajstić information content (AvgIpc) is 2.43. The third kappa shape index (κ3) is 2.95. The zero-order valence-corrected chi connectivity index (χ0v) is 12.6. The summed E-state index contributed by atoms with van der Waals surface area (Å²) in [7, 11) is 1.47. The smallest absolute Gasteiger partial charge is 0.270 e. The Balaban J connectivity index is 2.46. The third-order valence-corrected chi connectivity index (χ3v) is 3.41. The lowest BCUT2D eigenvalue weighted by Crippen LogP contribution is -2.23. The number of nitrogens with zero attached hydrogens (tertiary/aromatic N) is 3. The van der Waals surface area contributed by atoms with Crippen LogP contribution in [0.25, 0.3) is 0 Å². The van der Waals surface area contributed by atoms with Crippen molar-refractivity contribution in [3.05, 3.63) is 60.3 Å². The maximum absolute atomic E-state index is 11.9. The number of benzene rings is 1. The van der Waals surface area contributed by atoms with Crippen LogP contribution < -0.4 is 10.3 Å². The fourth-order valence-corrected chi connectivity index (χ4v) is 2.19. The molecular weight excluding hydrogens is 377 g/mol. The molecule has 0 fully saturated rings. The second kappa shape index (κ2) is 5.99.